The molecule has 1 unspecified atom stereocenters. The molecule has 3 aromatic rings. The minimum absolute atomic E-state index is 0.279. The standard InChI is InChI=1S/C13H9Cl2NOS/c14-9-3-8-4-11(17-13(8)10(15)5-9)12(16)7-1-2-18-6-7/h1-6,12H,16H2. The van der Waals surface area contributed by atoms with Crippen LogP contribution in [0.2, 0.25) is 10.0 Å². The van der Waals surface area contributed by atoms with Gasteiger partial charge in [0.25, 0.3) is 0 Å². The van der Waals surface area contributed by atoms with Crippen LogP contribution in [0, 0.1) is 0 Å². The van der Waals surface area contributed by atoms with Crippen LogP contribution in [0.25, 0.3) is 11.0 Å². The van der Waals surface area contributed by atoms with Gasteiger partial charge in [-0.15, -0.1) is 0 Å². The minimum atomic E-state index is -0.279. The summed E-state index contributed by atoms with van der Waals surface area (Å²) >= 11 is 13.7. The molecule has 0 radical (unpaired) electrons. The zero-order chi connectivity index (χ0) is 12.7. The Morgan fingerprint density at radius 1 is 1.22 bits per heavy atom. The summed E-state index contributed by atoms with van der Waals surface area (Å²) in [5.41, 5.74) is 7.81. The molecule has 0 spiro atoms. The Hall–Kier alpha value is -1.00. The number of nitrogens with two attached hydrogens (primary N) is 1. The molecule has 0 amide bonds. The summed E-state index contributed by atoms with van der Waals surface area (Å²) in [6.07, 6.45) is 0. The van der Waals surface area contributed by atoms with Crippen LogP contribution in [-0.4, -0.2) is 0 Å². The monoisotopic (exact) mass is 297 g/mol. The van der Waals surface area contributed by atoms with Gasteiger partial charge in [0.2, 0.25) is 0 Å². The molecule has 2 aromatic heterocycles. The molecular weight excluding hydrogens is 289 g/mol. The fraction of sp³-hybridized carbons (Fsp3) is 0.0769. The lowest BCUT2D eigenvalue weighted by molar-refractivity contribution is 0.525. The van der Waals surface area contributed by atoms with Crippen molar-refractivity contribution in [2.75, 3.05) is 0 Å². The fourth-order valence-electron chi connectivity index (χ4n) is 1.87. The smallest absolute Gasteiger partial charge is 0.153 e. The van der Waals surface area contributed by atoms with E-state index in [9.17, 15) is 0 Å². The molecule has 3 rings (SSSR count). The first-order valence-electron chi connectivity index (χ1n) is 5.31. The van der Waals surface area contributed by atoms with Crippen molar-refractivity contribution >= 4 is 45.5 Å². The number of hydrogen-bond acceptors (Lipinski definition) is 3. The second-order valence-electron chi connectivity index (χ2n) is 3.99. The zero-order valence-electron chi connectivity index (χ0n) is 9.19. The Bertz CT molecular complexity index is 690. The lowest BCUT2D eigenvalue weighted by atomic mass is 10.1. The molecule has 0 saturated carbocycles. The summed E-state index contributed by atoms with van der Waals surface area (Å²) < 4.78 is 5.73. The van der Waals surface area contributed by atoms with Crippen molar-refractivity contribution in [1.82, 2.24) is 0 Å². The average Bonchev–Trinajstić information content (AvgIpc) is 2.96. The van der Waals surface area contributed by atoms with Gasteiger partial charge in [0.15, 0.2) is 5.58 Å². The van der Waals surface area contributed by atoms with Crippen LogP contribution in [0.15, 0.2) is 39.4 Å². The first kappa shape index (κ1) is 12.1. The minimum Gasteiger partial charge on any atom is -0.457 e. The van der Waals surface area contributed by atoms with E-state index in [4.69, 9.17) is 33.4 Å². The van der Waals surface area contributed by atoms with E-state index in [1.165, 1.54) is 0 Å². The van der Waals surface area contributed by atoms with E-state index in [2.05, 4.69) is 0 Å². The topological polar surface area (TPSA) is 39.2 Å². The van der Waals surface area contributed by atoms with E-state index < -0.39 is 0 Å². The highest BCUT2D eigenvalue weighted by molar-refractivity contribution is 7.08. The molecule has 0 aliphatic rings. The number of rotatable bonds is 2. The van der Waals surface area contributed by atoms with Gasteiger partial charge in [-0.25, -0.2) is 0 Å². The second kappa shape index (κ2) is 4.59. The van der Waals surface area contributed by atoms with Gasteiger partial charge < -0.3 is 10.2 Å². The number of furan rings is 1. The molecule has 5 heteroatoms. The normalized spacial score (nSPS) is 13.1. The third-order valence-corrected chi connectivity index (χ3v) is 3.96. The van der Waals surface area contributed by atoms with Gasteiger partial charge in [-0.3, -0.25) is 0 Å². The SMILES string of the molecule is NC(c1ccsc1)c1cc2cc(Cl)cc(Cl)c2o1. The Morgan fingerprint density at radius 3 is 2.78 bits per heavy atom. The van der Waals surface area contributed by atoms with Crippen molar-refractivity contribution in [2.45, 2.75) is 6.04 Å². The highest BCUT2D eigenvalue weighted by Crippen LogP contribution is 2.33. The fourth-order valence-corrected chi connectivity index (χ4v) is 3.11. The van der Waals surface area contributed by atoms with Gasteiger partial charge in [-0.1, -0.05) is 23.2 Å². The number of fused-ring (bicyclic) bond motifs is 1. The number of benzene rings is 1. The molecule has 18 heavy (non-hydrogen) atoms. The Balaban J connectivity index is 2.11. The van der Waals surface area contributed by atoms with Gasteiger partial charge in [-0.05, 0) is 40.6 Å². The first-order valence-corrected chi connectivity index (χ1v) is 7.01. The van der Waals surface area contributed by atoms with E-state index in [-0.39, 0.29) is 6.04 Å². The molecule has 0 fully saturated rings. The molecule has 1 aromatic carbocycles. The van der Waals surface area contributed by atoms with Crippen molar-refractivity contribution in [1.29, 1.82) is 0 Å². The van der Waals surface area contributed by atoms with Crippen molar-refractivity contribution in [3.8, 4) is 0 Å². The van der Waals surface area contributed by atoms with E-state index in [0.29, 0.717) is 21.4 Å². The average molecular weight is 298 g/mol. The van der Waals surface area contributed by atoms with Gasteiger partial charge in [0.05, 0.1) is 11.1 Å². The molecule has 2 nitrogen and oxygen atoms in total. The Labute approximate surface area is 118 Å². The first-order chi connectivity index (χ1) is 8.65. The summed E-state index contributed by atoms with van der Waals surface area (Å²) in [6, 6.07) is 7.07. The highest BCUT2D eigenvalue weighted by Gasteiger charge is 2.16. The predicted octanol–water partition coefficient (Wildman–Crippen LogP) is 4.85. The lowest BCUT2D eigenvalue weighted by Gasteiger charge is -2.05. The van der Waals surface area contributed by atoms with Crippen molar-refractivity contribution in [2.24, 2.45) is 5.73 Å². The van der Waals surface area contributed by atoms with Crippen molar-refractivity contribution < 1.29 is 4.42 Å². The summed E-state index contributed by atoms with van der Waals surface area (Å²) in [5, 5.41) is 5.95. The van der Waals surface area contributed by atoms with Crippen LogP contribution < -0.4 is 5.73 Å². The molecule has 0 saturated heterocycles. The molecule has 92 valence electrons. The van der Waals surface area contributed by atoms with E-state index in [0.717, 1.165) is 10.9 Å². The van der Waals surface area contributed by atoms with E-state index in [1.807, 2.05) is 29.0 Å². The number of halogens is 2. The Kier molecular flexibility index (Phi) is 3.08. The maximum Gasteiger partial charge on any atom is 0.153 e. The van der Waals surface area contributed by atoms with Gasteiger partial charge in [-0.2, -0.15) is 11.3 Å². The second-order valence-corrected chi connectivity index (χ2v) is 5.61. The van der Waals surface area contributed by atoms with Crippen LogP contribution in [0.1, 0.15) is 17.4 Å². The summed E-state index contributed by atoms with van der Waals surface area (Å²) in [7, 11) is 0. The van der Waals surface area contributed by atoms with Crippen LogP contribution in [-0.2, 0) is 0 Å². The van der Waals surface area contributed by atoms with Crippen molar-refractivity contribution in [3.63, 3.8) is 0 Å². The van der Waals surface area contributed by atoms with Crippen molar-refractivity contribution in [3.05, 3.63) is 56.4 Å². The molecule has 0 aliphatic heterocycles. The quantitative estimate of drug-likeness (QED) is 0.734. The number of thiophene rings is 1. The molecular formula is C13H9Cl2NOS. The van der Waals surface area contributed by atoms with Gasteiger partial charge in [0.1, 0.15) is 5.76 Å². The van der Waals surface area contributed by atoms with Crippen LogP contribution in [0.4, 0.5) is 0 Å². The van der Waals surface area contributed by atoms with Gasteiger partial charge in [0, 0.05) is 10.4 Å². The molecule has 1 atom stereocenters. The molecule has 2 heterocycles. The summed E-state index contributed by atoms with van der Waals surface area (Å²) in [4.78, 5) is 0. The predicted molar refractivity (Wildman–Crippen MR) is 76.6 cm³/mol. The Morgan fingerprint density at radius 2 is 2.06 bits per heavy atom. The van der Waals surface area contributed by atoms with Gasteiger partial charge >= 0.3 is 0 Å². The molecule has 2 N–H and O–H groups in total. The largest absolute Gasteiger partial charge is 0.457 e. The van der Waals surface area contributed by atoms with E-state index in [1.54, 1.807) is 17.4 Å². The summed E-state index contributed by atoms with van der Waals surface area (Å²) in [5.74, 6) is 0.688. The summed E-state index contributed by atoms with van der Waals surface area (Å²) in [6.45, 7) is 0. The number of hydrogen-bond donors (Lipinski definition) is 1. The third-order valence-electron chi connectivity index (χ3n) is 2.76. The van der Waals surface area contributed by atoms with Crippen LogP contribution >= 0.6 is 34.5 Å². The maximum absolute atomic E-state index is 6.15. The molecule has 0 aliphatic carbocycles. The molecule has 0 bridgehead atoms. The third kappa shape index (κ3) is 2.04. The van der Waals surface area contributed by atoms with E-state index >= 15 is 0 Å². The highest BCUT2D eigenvalue weighted by atomic mass is 35.5. The van der Waals surface area contributed by atoms with Crippen LogP contribution in [0.3, 0.4) is 0 Å². The van der Waals surface area contributed by atoms with Crippen LogP contribution in [0.5, 0.6) is 0 Å². The maximum atomic E-state index is 6.15. The zero-order valence-corrected chi connectivity index (χ0v) is 11.5. The lowest BCUT2D eigenvalue weighted by Crippen LogP contribution is -2.09.